The molecule has 4 amide bonds. The number of anilines is 1. The summed E-state index contributed by atoms with van der Waals surface area (Å²) in [5, 5.41) is 6.18. The zero-order valence-corrected chi connectivity index (χ0v) is 28.7. The van der Waals surface area contributed by atoms with Gasteiger partial charge >= 0.3 is 6.09 Å². The van der Waals surface area contributed by atoms with Gasteiger partial charge < -0.3 is 26.0 Å². The number of nitrogen functional groups attached to an aromatic ring is 1. The summed E-state index contributed by atoms with van der Waals surface area (Å²) in [5.41, 5.74) is 8.96. The van der Waals surface area contributed by atoms with Crippen molar-refractivity contribution in [3.05, 3.63) is 65.2 Å². The smallest absolute Gasteiger partial charge is 0.410 e. The largest absolute Gasteiger partial charge is 0.444 e. The average molecular weight is 636 g/mol. The van der Waals surface area contributed by atoms with E-state index in [-0.39, 0.29) is 24.3 Å². The fourth-order valence-corrected chi connectivity index (χ4v) is 9.04. The molecule has 1 fully saturated rings. The number of ether oxygens (including phenoxy) is 1. The first-order chi connectivity index (χ1) is 21.0. The van der Waals surface area contributed by atoms with E-state index in [1.54, 1.807) is 44.7 Å². The van der Waals surface area contributed by atoms with E-state index in [1.165, 1.54) is 17.5 Å². The number of aryl methyl sites for hydroxylation is 1. The van der Waals surface area contributed by atoms with Gasteiger partial charge in [-0.15, -0.1) is 0 Å². The van der Waals surface area contributed by atoms with Crippen molar-refractivity contribution < 1.29 is 23.9 Å². The summed E-state index contributed by atoms with van der Waals surface area (Å²) < 4.78 is 5.44. The molecule has 2 aromatic carbocycles. The second-order valence-corrected chi connectivity index (χ2v) is 19.3. The average Bonchev–Trinajstić information content (AvgIpc) is 3.31. The SMILES string of the molecule is C[C@@H](C(=O)NC(Cc1ccc(N)cc1)C(=O)N1C[Si](C)(C)C[C@H]1C(=O)N[C@@H]1CCCc2ccccc21)N(C)C(=O)OC(C)(C)C. The Bertz CT molecular complexity index is 1410. The Labute approximate surface area is 268 Å². The van der Waals surface area contributed by atoms with Crippen LogP contribution in [0.5, 0.6) is 0 Å². The Morgan fingerprint density at radius 2 is 1.76 bits per heavy atom. The molecule has 4 atom stereocenters. The minimum absolute atomic E-state index is 0.0979. The minimum Gasteiger partial charge on any atom is -0.444 e. The minimum atomic E-state index is -1.95. The molecule has 0 radical (unpaired) electrons. The molecule has 1 aliphatic heterocycles. The molecule has 0 aromatic heterocycles. The summed E-state index contributed by atoms with van der Waals surface area (Å²) >= 11 is 0. The number of nitrogens with zero attached hydrogens (tertiary/aromatic N) is 2. The maximum Gasteiger partial charge on any atom is 0.410 e. The summed E-state index contributed by atoms with van der Waals surface area (Å²) in [5.74, 6) is -0.957. The van der Waals surface area contributed by atoms with Crippen LogP contribution in [0.25, 0.3) is 0 Å². The third kappa shape index (κ3) is 8.65. The molecule has 0 spiro atoms. The van der Waals surface area contributed by atoms with Gasteiger partial charge in [-0.3, -0.25) is 19.3 Å². The van der Waals surface area contributed by atoms with Crippen LogP contribution in [0.4, 0.5) is 10.5 Å². The first-order valence-electron chi connectivity index (χ1n) is 15.8. The first kappa shape index (κ1) is 34.0. The Balaban J connectivity index is 1.56. The van der Waals surface area contributed by atoms with Crippen molar-refractivity contribution in [2.75, 3.05) is 18.9 Å². The number of hydrogen-bond acceptors (Lipinski definition) is 6. The van der Waals surface area contributed by atoms with E-state index in [1.807, 2.05) is 24.3 Å². The second kappa shape index (κ2) is 13.6. The molecule has 4 rings (SSSR count). The molecular weight excluding hydrogens is 586 g/mol. The van der Waals surface area contributed by atoms with Crippen LogP contribution in [-0.2, 0) is 32.0 Å². The van der Waals surface area contributed by atoms with Gasteiger partial charge in [-0.2, -0.15) is 0 Å². The molecule has 1 unspecified atom stereocenters. The van der Waals surface area contributed by atoms with Gasteiger partial charge in [-0.05, 0) is 81.8 Å². The van der Waals surface area contributed by atoms with E-state index in [2.05, 4.69) is 35.9 Å². The summed E-state index contributed by atoms with van der Waals surface area (Å²) in [6.07, 6.45) is 2.90. The van der Waals surface area contributed by atoms with Crippen molar-refractivity contribution in [2.24, 2.45) is 0 Å². The Morgan fingerprint density at radius 1 is 1.09 bits per heavy atom. The molecule has 0 saturated carbocycles. The monoisotopic (exact) mass is 635 g/mol. The van der Waals surface area contributed by atoms with Gasteiger partial charge in [0.05, 0.1) is 14.1 Å². The van der Waals surface area contributed by atoms with E-state index in [0.29, 0.717) is 17.9 Å². The molecule has 244 valence electrons. The fourth-order valence-electron chi connectivity index (χ4n) is 6.16. The van der Waals surface area contributed by atoms with Crippen LogP contribution in [-0.4, -0.2) is 78.6 Å². The number of nitrogens with two attached hydrogens (primary N) is 1. The van der Waals surface area contributed by atoms with Crippen LogP contribution in [0.1, 0.15) is 63.3 Å². The van der Waals surface area contributed by atoms with Crippen LogP contribution in [0.3, 0.4) is 0 Å². The van der Waals surface area contributed by atoms with Crippen molar-refractivity contribution in [1.29, 1.82) is 0 Å². The van der Waals surface area contributed by atoms with Crippen molar-refractivity contribution in [3.63, 3.8) is 0 Å². The number of fused-ring (bicyclic) bond motifs is 1. The van der Waals surface area contributed by atoms with Gasteiger partial charge in [0, 0.05) is 25.3 Å². The van der Waals surface area contributed by atoms with Crippen LogP contribution < -0.4 is 16.4 Å². The molecule has 1 saturated heterocycles. The summed E-state index contributed by atoms with van der Waals surface area (Å²) in [6, 6.07) is 13.4. The number of nitrogens with one attached hydrogen (secondary N) is 2. The number of rotatable bonds is 8. The van der Waals surface area contributed by atoms with Gasteiger partial charge in [0.1, 0.15) is 23.7 Å². The van der Waals surface area contributed by atoms with E-state index < -0.39 is 43.8 Å². The first-order valence-corrected chi connectivity index (χ1v) is 19.3. The van der Waals surface area contributed by atoms with Crippen molar-refractivity contribution in [3.8, 4) is 0 Å². The second-order valence-electron chi connectivity index (χ2n) is 14.3. The number of hydrogen-bond donors (Lipinski definition) is 3. The third-order valence-corrected chi connectivity index (χ3v) is 11.4. The molecule has 11 heteroatoms. The van der Waals surface area contributed by atoms with Gasteiger partial charge in [0.15, 0.2) is 0 Å². The molecule has 1 heterocycles. The molecule has 45 heavy (non-hydrogen) atoms. The number of carbonyl (C=O) groups excluding carboxylic acids is 4. The molecule has 2 aliphatic rings. The highest BCUT2D eigenvalue weighted by Gasteiger charge is 2.47. The lowest BCUT2D eigenvalue weighted by Crippen LogP contribution is -2.57. The standard InChI is InChI=1S/C34H49N5O5Si/c1-22(38(5)33(43)44-34(2,3)4)30(40)37-28(19-23-15-17-25(35)18-16-23)32(42)39-21-45(6,7)20-29(39)31(41)36-27-14-10-12-24-11-8-9-13-26(24)27/h8-9,11,13,15-18,22,27-29H,10,12,14,19-21,35H2,1-7H3,(H,36,41)(H,37,40)/t22-,27+,28?,29-/m0/s1. The zero-order valence-electron chi connectivity index (χ0n) is 27.7. The van der Waals surface area contributed by atoms with Crippen molar-refractivity contribution >= 4 is 37.6 Å². The highest BCUT2D eigenvalue weighted by atomic mass is 28.3. The Hall–Kier alpha value is -3.86. The lowest BCUT2D eigenvalue weighted by molar-refractivity contribution is -0.141. The van der Waals surface area contributed by atoms with Crippen molar-refractivity contribution in [2.45, 2.75) is 102 Å². The van der Waals surface area contributed by atoms with E-state index >= 15 is 0 Å². The Morgan fingerprint density at radius 3 is 2.42 bits per heavy atom. The molecule has 4 N–H and O–H groups in total. The summed E-state index contributed by atoms with van der Waals surface area (Å²) in [7, 11) is -0.453. The number of benzene rings is 2. The lowest BCUT2D eigenvalue weighted by atomic mass is 9.87. The van der Waals surface area contributed by atoms with Gasteiger partial charge in [0.2, 0.25) is 17.7 Å². The summed E-state index contributed by atoms with van der Waals surface area (Å²) in [6.45, 7) is 11.2. The van der Waals surface area contributed by atoms with Gasteiger partial charge in [0.25, 0.3) is 0 Å². The topological polar surface area (TPSA) is 134 Å². The van der Waals surface area contributed by atoms with Crippen LogP contribution in [0, 0.1) is 0 Å². The van der Waals surface area contributed by atoms with Gasteiger partial charge in [-0.1, -0.05) is 49.5 Å². The normalized spacial score (nSPS) is 20.4. The van der Waals surface area contributed by atoms with E-state index in [0.717, 1.165) is 30.4 Å². The molecule has 1 aliphatic carbocycles. The maximum absolute atomic E-state index is 14.4. The zero-order chi connectivity index (χ0) is 33.1. The predicted octanol–water partition coefficient (Wildman–Crippen LogP) is 4.20. The van der Waals surface area contributed by atoms with Crippen LogP contribution >= 0.6 is 0 Å². The highest BCUT2D eigenvalue weighted by Crippen LogP contribution is 2.32. The third-order valence-electron chi connectivity index (χ3n) is 8.67. The van der Waals surface area contributed by atoms with Crippen molar-refractivity contribution in [1.82, 2.24) is 20.4 Å². The number of amides is 4. The maximum atomic E-state index is 14.4. The molecule has 2 aromatic rings. The molecule has 0 bridgehead atoms. The summed E-state index contributed by atoms with van der Waals surface area (Å²) in [4.78, 5) is 57.4. The number of carbonyl (C=O) groups is 4. The van der Waals surface area contributed by atoms with Crippen LogP contribution in [0.15, 0.2) is 48.5 Å². The predicted molar refractivity (Wildman–Crippen MR) is 178 cm³/mol. The fraction of sp³-hybridized carbons (Fsp3) is 0.529. The Kier molecular flexibility index (Phi) is 10.3. The number of likely N-dealkylation sites (N-methyl/N-ethyl adjacent to an activating group) is 1. The quantitative estimate of drug-likeness (QED) is 0.294. The van der Waals surface area contributed by atoms with E-state index in [9.17, 15) is 19.2 Å². The van der Waals surface area contributed by atoms with E-state index in [4.69, 9.17) is 10.5 Å². The highest BCUT2D eigenvalue weighted by molar-refractivity contribution is 6.79. The molecule has 10 nitrogen and oxygen atoms in total. The van der Waals surface area contributed by atoms with Crippen LogP contribution in [0.2, 0.25) is 19.1 Å². The van der Waals surface area contributed by atoms with Gasteiger partial charge in [-0.25, -0.2) is 4.79 Å². The lowest BCUT2D eigenvalue weighted by Gasteiger charge is -2.33. The molecular formula is C34H49N5O5Si.